The molecular weight excluding hydrogens is 98.1 g/mol. The van der Waals surface area contributed by atoms with Gasteiger partial charge in [0.2, 0.25) is 0 Å². The van der Waals surface area contributed by atoms with Gasteiger partial charge in [-0.25, -0.2) is 8.78 Å². The quantitative estimate of drug-likeness (QED) is 0.439. The number of halogens is 2. The average Bonchev–Trinajstić information content (AvgIpc) is 1.84. The van der Waals surface area contributed by atoms with E-state index in [4.69, 9.17) is 0 Å². The Hall–Kier alpha value is -0.140. The van der Waals surface area contributed by atoms with Crippen molar-refractivity contribution in [2.24, 2.45) is 0 Å². The van der Waals surface area contributed by atoms with E-state index in [1.807, 2.05) is 0 Å². The van der Waals surface area contributed by atoms with Crippen molar-refractivity contribution < 1.29 is 8.78 Å². The molecule has 2 heteroatoms. The zero-order chi connectivity index (χ0) is 5.33. The Kier molecular flexibility index (Phi) is 1.02. The van der Waals surface area contributed by atoms with Crippen LogP contribution in [-0.4, -0.2) is 5.92 Å². The lowest BCUT2D eigenvalue weighted by Crippen LogP contribution is -2.08. The molecule has 40 valence electrons. The van der Waals surface area contributed by atoms with E-state index in [1.165, 1.54) is 0 Å². The second kappa shape index (κ2) is 1.42. The standard InChI is InChI=1S/C5H6F2/c6-5(7)3-1-2-4-5/h3-4H,1-2H2. The number of rotatable bonds is 0. The Bertz CT molecular complexity index is 60.5. The van der Waals surface area contributed by atoms with E-state index in [0.717, 1.165) is 12.8 Å². The van der Waals surface area contributed by atoms with E-state index < -0.39 is 5.92 Å². The molecule has 0 amide bonds. The van der Waals surface area contributed by atoms with Crippen molar-refractivity contribution in [2.45, 2.75) is 18.8 Å². The van der Waals surface area contributed by atoms with Crippen LogP contribution in [0.2, 0.25) is 0 Å². The highest BCUT2D eigenvalue weighted by molar-refractivity contribution is 5.03. The summed E-state index contributed by atoms with van der Waals surface area (Å²) in [7, 11) is 0. The van der Waals surface area contributed by atoms with E-state index in [1.54, 1.807) is 0 Å². The van der Waals surface area contributed by atoms with Gasteiger partial charge in [-0.2, -0.15) is 0 Å². The average molecular weight is 104 g/mol. The van der Waals surface area contributed by atoms with Gasteiger partial charge in [-0.15, -0.1) is 0 Å². The summed E-state index contributed by atoms with van der Waals surface area (Å²) in [6, 6.07) is 0. The van der Waals surface area contributed by atoms with Crippen molar-refractivity contribution in [1.29, 1.82) is 0 Å². The van der Waals surface area contributed by atoms with Crippen molar-refractivity contribution in [3.63, 3.8) is 0 Å². The molecule has 0 aliphatic heterocycles. The molecule has 1 rings (SSSR count). The third-order valence-electron chi connectivity index (χ3n) is 1.000. The molecule has 0 atom stereocenters. The molecular formula is C5H6F2. The molecule has 0 spiro atoms. The van der Waals surface area contributed by atoms with Crippen molar-refractivity contribution >= 4 is 0 Å². The predicted octanol–water partition coefficient (Wildman–Crippen LogP) is 1.82. The smallest absolute Gasteiger partial charge is 0.206 e. The van der Waals surface area contributed by atoms with E-state index in [2.05, 4.69) is 0 Å². The van der Waals surface area contributed by atoms with E-state index in [9.17, 15) is 8.78 Å². The number of hydrogen-bond acceptors (Lipinski definition) is 0. The Morgan fingerprint density at radius 3 is 1.71 bits per heavy atom. The fraction of sp³-hybridized carbons (Fsp3) is 0.600. The van der Waals surface area contributed by atoms with Crippen LogP contribution in [0.5, 0.6) is 0 Å². The van der Waals surface area contributed by atoms with Crippen molar-refractivity contribution in [2.75, 3.05) is 0 Å². The predicted molar refractivity (Wildman–Crippen MR) is 22.8 cm³/mol. The first-order chi connectivity index (χ1) is 3.21. The fourth-order valence-corrected chi connectivity index (χ4v) is 0.635. The van der Waals surface area contributed by atoms with Crippen molar-refractivity contribution in [1.82, 2.24) is 0 Å². The van der Waals surface area contributed by atoms with Crippen LogP contribution in [0.4, 0.5) is 8.78 Å². The molecule has 0 aromatic carbocycles. The maximum atomic E-state index is 11.8. The van der Waals surface area contributed by atoms with Gasteiger partial charge in [-0.1, -0.05) is 0 Å². The largest absolute Gasteiger partial charge is 0.254 e. The highest BCUT2D eigenvalue weighted by Gasteiger charge is 2.33. The molecule has 0 heterocycles. The minimum absolute atomic E-state index is 0.535. The van der Waals surface area contributed by atoms with E-state index in [0.29, 0.717) is 12.8 Å². The maximum Gasteiger partial charge on any atom is 0.254 e. The third-order valence-corrected chi connectivity index (χ3v) is 1.000. The van der Waals surface area contributed by atoms with Gasteiger partial charge in [0.15, 0.2) is 0 Å². The second-order valence-corrected chi connectivity index (χ2v) is 1.66. The van der Waals surface area contributed by atoms with Gasteiger partial charge in [0.1, 0.15) is 0 Å². The van der Waals surface area contributed by atoms with Gasteiger partial charge in [-0.05, 0) is 12.8 Å². The minimum Gasteiger partial charge on any atom is -0.206 e. The summed E-state index contributed by atoms with van der Waals surface area (Å²) in [4.78, 5) is 0. The molecule has 1 fully saturated rings. The normalized spacial score (nSPS) is 28.3. The third kappa shape index (κ3) is 1.11. The summed E-state index contributed by atoms with van der Waals surface area (Å²) < 4.78 is 23.7. The summed E-state index contributed by atoms with van der Waals surface area (Å²) in [5.41, 5.74) is 0. The molecule has 0 aromatic rings. The molecule has 0 bridgehead atoms. The van der Waals surface area contributed by atoms with Gasteiger partial charge >= 0.3 is 0 Å². The SMILES string of the molecule is FC1(F)[CH]CC[CH]1. The summed E-state index contributed by atoms with van der Waals surface area (Å²) in [5.74, 6) is -2.56. The highest BCUT2D eigenvalue weighted by Crippen LogP contribution is 2.31. The van der Waals surface area contributed by atoms with Crippen molar-refractivity contribution in [3.8, 4) is 0 Å². The highest BCUT2D eigenvalue weighted by atomic mass is 19.3. The van der Waals surface area contributed by atoms with E-state index >= 15 is 0 Å². The summed E-state index contributed by atoms with van der Waals surface area (Å²) in [6.45, 7) is 0. The molecule has 1 saturated carbocycles. The van der Waals surface area contributed by atoms with Crippen LogP contribution in [0.1, 0.15) is 12.8 Å². The first-order valence-corrected chi connectivity index (χ1v) is 2.27. The molecule has 0 N–H and O–H groups in total. The zero-order valence-electron chi connectivity index (χ0n) is 3.82. The Balaban J connectivity index is 2.40. The zero-order valence-corrected chi connectivity index (χ0v) is 3.82. The monoisotopic (exact) mass is 104 g/mol. The lowest BCUT2D eigenvalue weighted by atomic mass is 10.3. The van der Waals surface area contributed by atoms with Crippen LogP contribution in [0.15, 0.2) is 0 Å². The van der Waals surface area contributed by atoms with Crippen LogP contribution in [0.25, 0.3) is 0 Å². The van der Waals surface area contributed by atoms with Crippen LogP contribution in [0, 0.1) is 12.8 Å². The molecule has 1 aliphatic rings. The van der Waals surface area contributed by atoms with E-state index in [-0.39, 0.29) is 0 Å². The second-order valence-electron chi connectivity index (χ2n) is 1.66. The van der Waals surface area contributed by atoms with Crippen molar-refractivity contribution in [3.05, 3.63) is 12.8 Å². The maximum absolute atomic E-state index is 11.8. The van der Waals surface area contributed by atoms with Crippen LogP contribution in [0.3, 0.4) is 0 Å². The van der Waals surface area contributed by atoms with Crippen LogP contribution < -0.4 is 0 Å². The molecule has 1 aliphatic carbocycles. The summed E-state index contributed by atoms with van der Waals surface area (Å²) >= 11 is 0. The molecule has 0 nitrogen and oxygen atoms in total. The topological polar surface area (TPSA) is 0 Å². The van der Waals surface area contributed by atoms with Gasteiger partial charge in [-0.3, -0.25) is 0 Å². The fourth-order valence-electron chi connectivity index (χ4n) is 0.635. The van der Waals surface area contributed by atoms with Gasteiger partial charge < -0.3 is 0 Å². The van der Waals surface area contributed by atoms with Gasteiger partial charge in [0.05, 0.1) is 0 Å². The molecule has 2 radical (unpaired) electrons. The Morgan fingerprint density at radius 2 is 1.57 bits per heavy atom. The lowest BCUT2D eigenvalue weighted by molar-refractivity contribution is 0.0842. The van der Waals surface area contributed by atoms with Crippen LogP contribution in [-0.2, 0) is 0 Å². The van der Waals surface area contributed by atoms with Crippen LogP contribution >= 0.6 is 0 Å². The first-order valence-electron chi connectivity index (χ1n) is 2.27. The minimum atomic E-state index is -2.56. The van der Waals surface area contributed by atoms with Gasteiger partial charge in [0.25, 0.3) is 5.92 Å². The number of alkyl halides is 2. The Labute approximate surface area is 41.5 Å². The molecule has 0 aromatic heterocycles. The summed E-state index contributed by atoms with van der Waals surface area (Å²) in [5, 5.41) is 0. The molecule has 0 saturated heterocycles. The molecule has 7 heavy (non-hydrogen) atoms. The molecule has 0 unspecified atom stereocenters. The van der Waals surface area contributed by atoms with Gasteiger partial charge in [0, 0.05) is 12.8 Å². The Morgan fingerprint density at radius 1 is 1.14 bits per heavy atom. The summed E-state index contributed by atoms with van der Waals surface area (Å²) in [6.07, 6.45) is 3.14. The number of hydrogen-bond donors (Lipinski definition) is 0. The first kappa shape index (κ1) is 5.01. The lowest BCUT2D eigenvalue weighted by Gasteiger charge is -2.02.